The van der Waals surface area contributed by atoms with Gasteiger partial charge in [0.1, 0.15) is 6.10 Å². The molecule has 1 rings (SSSR count). The first-order valence-electron chi connectivity index (χ1n) is 8.07. The van der Waals surface area contributed by atoms with E-state index in [0.29, 0.717) is 6.61 Å². The summed E-state index contributed by atoms with van der Waals surface area (Å²) in [5, 5.41) is 10.5. The van der Waals surface area contributed by atoms with Crippen LogP contribution in [0.3, 0.4) is 0 Å². The van der Waals surface area contributed by atoms with Crippen molar-refractivity contribution in [1.82, 2.24) is 4.90 Å². The van der Waals surface area contributed by atoms with Gasteiger partial charge in [0.15, 0.2) is 6.29 Å². The van der Waals surface area contributed by atoms with Crippen LogP contribution >= 0.6 is 0 Å². The fourth-order valence-electron chi connectivity index (χ4n) is 3.29. The van der Waals surface area contributed by atoms with Gasteiger partial charge in [-0.2, -0.15) is 0 Å². The summed E-state index contributed by atoms with van der Waals surface area (Å²) in [5.41, 5.74) is -0.244. The average Bonchev–Trinajstić information content (AvgIpc) is 2.38. The highest BCUT2D eigenvalue weighted by Crippen LogP contribution is 2.34. The first kappa shape index (κ1) is 19.4. The fourth-order valence-corrected chi connectivity index (χ4v) is 3.29. The van der Waals surface area contributed by atoms with Crippen LogP contribution < -0.4 is 0 Å². The Hall–Kier alpha value is -0.600. The molecule has 0 spiro atoms. The van der Waals surface area contributed by atoms with Crippen molar-refractivity contribution >= 4 is 0 Å². The van der Waals surface area contributed by atoms with Crippen molar-refractivity contribution in [3.05, 3.63) is 0 Å². The molecule has 1 fully saturated rings. The molecule has 0 aromatic carbocycles. The number of hydrogen-bond acceptors (Lipinski definition) is 4. The van der Waals surface area contributed by atoms with E-state index in [0.717, 1.165) is 12.8 Å². The second kappa shape index (κ2) is 7.31. The third-order valence-electron chi connectivity index (χ3n) is 4.23. The number of hydrogen-bond donors (Lipinski definition) is 1. The second-order valence-electron chi connectivity index (χ2n) is 8.25. The molecule has 1 saturated heterocycles. The van der Waals surface area contributed by atoms with E-state index < -0.39 is 12.4 Å². The maximum atomic E-state index is 10.5. The average molecular weight is 311 g/mol. The number of rotatable bonds is 6. The SMILES string of the molecule is C#CC(C)(C)CC(C)(C)COC1OC(C)CC(N(C)C)C1O. The molecule has 1 N–H and O–H groups in total. The number of aliphatic hydroxyl groups is 1. The fraction of sp³-hybridized carbons (Fsp3) is 0.889. The molecule has 0 aliphatic carbocycles. The minimum Gasteiger partial charge on any atom is -0.386 e. The molecular formula is C18H33NO3. The summed E-state index contributed by atoms with van der Waals surface area (Å²) < 4.78 is 11.7. The van der Waals surface area contributed by atoms with Gasteiger partial charge in [0, 0.05) is 11.5 Å². The van der Waals surface area contributed by atoms with Crippen molar-refractivity contribution in [2.24, 2.45) is 10.8 Å². The lowest BCUT2D eigenvalue weighted by atomic mass is 9.76. The van der Waals surface area contributed by atoms with Crippen LogP contribution in [-0.2, 0) is 9.47 Å². The van der Waals surface area contributed by atoms with E-state index in [2.05, 4.69) is 33.6 Å². The Morgan fingerprint density at radius 2 is 1.91 bits per heavy atom. The summed E-state index contributed by atoms with van der Waals surface area (Å²) >= 11 is 0. The van der Waals surface area contributed by atoms with Gasteiger partial charge in [0.25, 0.3) is 0 Å². The zero-order valence-corrected chi connectivity index (χ0v) is 15.2. The van der Waals surface area contributed by atoms with Crippen LogP contribution in [0.15, 0.2) is 0 Å². The summed E-state index contributed by atoms with van der Waals surface area (Å²) in [4.78, 5) is 2.03. The third kappa shape index (κ3) is 5.55. The molecule has 0 amide bonds. The van der Waals surface area contributed by atoms with Gasteiger partial charge in [0.2, 0.25) is 0 Å². The summed E-state index contributed by atoms with van der Waals surface area (Å²) in [6, 6.07) is 0.0546. The van der Waals surface area contributed by atoms with E-state index in [1.165, 1.54) is 0 Å². The lowest BCUT2D eigenvalue weighted by molar-refractivity contribution is -0.260. The van der Waals surface area contributed by atoms with Gasteiger partial charge in [-0.3, -0.25) is 0 Å². The maximum absolute atomic E-state index is 10.5. The molecule has 4 nitrogen and oxygen atoms in total. The van der Waals surface area contributed by atoms with Crippen molar-refractivity contribution < 1.29 is 14.6 Å². The standard InChI is InChI=1S/C18H33NO3/c1-9-17(3,4)11-18(5,6)12-21-16-15(20)14(19(7)8)10-13(2)22-16/h1,13-16,20H,10-12H2,2-8H3. The molecule has 0 aromatic rings. The van der Waals surface area contributed by atoms with E-state index in [4.69, 9.17) is 15.9 Å². The van der Waals surface area contributed by atoms with Crippen molar-refractivity contribution in [3.63, 3.8) is 0 Å². The Morgan fingerprint density at radius 3 is 2.41 bits per heavy atom. The van der Waals surface area contributed by atoms with E-state index in [-0.39, 0.29) is 23.0 Å². The van der Waals surface area contributed by atoms with Crippen molar-refractivity contribution in [3.8, 4) is 12.3 Å². The number of likely N-dealkylation sites (N-methyl/N-ethyl adjacent to an activating group) is 1. The van der Waals surface area contributed by atoms with Crippen molar-refractivity contribution in [2.75, 3.05) is 20.7 Å². The zero-order chi connectivity index (χ0) is 17.1. The van der Waals surface area contributed by atoms with Gasteiger partial charge in [-0.1, -0.05) is 13.8 Å². The number of nitrogens with zero attached hydrogens (tertiary/aromatic N) is 1. The molecule has 4 atom stereocenters. The first-order valence-corrected chi connectivity index (χ1v) is 8.07. The minimum atomic E-state index is -0.636. The summed E-state index contributed by atoms with van der Waals surface area (Å²) in [7, 11) is 3.95. The highest BCUT2D eigenvalue weighted by Gasteiger charge is 2.39. The predicted molar refractivity (Wildman–Crippen MR) is 89.4 cm³/mol. The molecule has 22 heavy (non-hydrogen) atoms. The van der Waals surface area contributed by atoms with E-state index in [1.807, 2.05) is 25.9 Å². The van der Waals surface area contributed by atoms with Crippen LogP contribution in [0, 0.1) is 23.2 Å². The molecule has 4 heteroatoms. The Kier molecular flexibility index (Phi) is 6.46. The van der Waals surface area contributed by atoms with Gasteiger partial charge in [-0.15, -0.1) is 12.3 Å². The lowest BCUT2D eigenvalue weighted by Gasteiger charge is -2.42. The van der Waals surface area contributed by atoms with Crippen LogP contribution in [0.2, 0.25) is 0 Å². The molecular weight excluding hydrogens is 278 g/mol. The second-order valence-corrected chi connectivity index (χ2v) is 8.25. The number of terminal acetylenes is 1. The molecule has 1 aliphatic heterocycles. The molecule has 1 aliphatic rings. The quantitative estimate of drug-likeness (QED) is 0.765. The van der Waals surface area contributed by atoms with Crippen molar-refractivity contribution in [1.29, 1.82) is 0 Å². The van der Waals surface area contributed by atoms with E-state index in [9.17, 15) is 5.11 Å². The van der Waals surface area contributed by atoms with Gasteiger partial charge in [-0.25, -0.2) is 0 Å². The van der Waals surface area contributed by atoms with Crippen LogP contribution in [0.25, 0.3) is 0 Å². The molecule has 0 saturated carbocycles. The summed E-state index contributed by atoms with van der Waals surface area (Å²) in [5.74, 6) is 2.83. The Balaban J connectivity index is 2.64. The molecule has 1 heterocycles. The molecule has 4 unspecified atom stereocenters. The van der Waals surface area contributed by atoms with E-state index >= 15 is 0 Å². The largest absolute Gasteiger partial charge is 0.386 e. The van der Waals surface area contributed by atoms with E-state index in [1.54, 1.807) is 0 Å². The van der Waals surface area contributed by atoms with Crippen molar-refractivity contribution in [2.45, 2.75) is 72.0 Å². The monoisotopic (exact) mass is 311 g/mol. The van der Waals surface area contributed by atoms with Gasteiger partial charge in [-0.05, 0) is 53.1 Å². The van der Waals surface area contributed by atoms with Crippen LogP contribution in [-0.4, -0.2) is 55.2 Å². The predicted octanol–water partition coefficient (Wildman–Crippen LogP) is 2.50. The molecule has 0 aromatic heterocycles. The summed E-state index contributed by atoms with van der Waals surface area (Å²) in [6.07, 6.45) is 6.10. The third-order valence-corrected chi connectivity index (χ3v) is 4.23. The van der Waals surface area contributed by atoms with Gasteiger partial charge < -0.3 is 19.5 Å². The first-order chi connectivity index (χ1) is 9.97. The smallest absolute Gasteiger partial charge is 0.185 e. The highest BCUT2D eigenvalue weighted by atomic mass is 16.7. The molecule has 128 valence electrons. The lowest BCUT2D eigenvalue weighted by Crippen LogP contribution is -2.54. The molecule has 0 radical (unpaired) electrons. The Bertz CT molecular complexity index is 398. The Labute approximate surface area is 136 Å². The van der Waals surface area contributed by atoms with Crippen LogP contribution in [0.1, 0.15) is 47.5 Å². The summed E-state index contributed by atoms with van der Waals surface area (Å²) in [6.45, 7) is 10.9. The molecule has 0 bridgehead atoms. The number of aliphatic hydroxyl groups excluding tert-OH is 1. The highest BCUT2D eigenvalue weighted by molar-refractivity contribution is 5.02. The van der Waals surface area contributed by atoms with Crippen LogP contribution in [0.5, 0.6) is 0 Å². The van der Waals surface area contributed by atoms with Crippen LogP contribution in [0.4, 0.5) is 0 Å². The Morgan fingerprint density at radius 1 is 1.32 bits per heavy atom. The topological polar surface area (TPSA) is 41.9 Å². The van der Waals surface area contributed by atoms with Gasteiger partial charge in [0.05, 0.1) is 12.7 Å². The van der Waals surface area contributed by atoms with Gasteiger partial charge >= 0.3 is 0 Å². The minimum absolute atomic E-state index is 0.0546. The normalized spacial score (nSPS) is 30.4. The maximum Gasteiger partial charge on any atom is 0.185 e. The number of ether oxygens (including phenoxy) is 2. The zero-order valence-electron chi connectivity index (χ0n) is 15.2.